The summed E-state index contributed by atoms with van der Waals surface area (Å²) in [5.41, 5.74) is 3.09. The van der Waals surface area contributed by atoms with Gasteiger partial charge in [0.25, 0.3) is 5.91 Å². The maximum Gasteiger partial charge on any atom is 0.275 e. The lowest BCUT2D eigenvalue weighted by molar-refractivity contribution is 0.0957. The summed E-state index contributed by atoms with van der Waals surface area (Å²) < 4.78 is 11.3. The summed E-state index contributed by atoms with van der Waals surface area (Å²) >= 11 is 1.39. The van der Waals surface area contributed by atoms with Crippen molar-refractivity contribution in [1.82, 2.24) is 5.43 Å². The van der Waals surface area contributed by atoms with Crippen LogP contribution in [0.25, 0.3) is 0 Å². The Morgan fingerprint density at radius 2 is 1.95 bits per heavy atom. The summed E-state index contributed by atoms with van der Waals surface area (Å²) in [7, 11) is 0. The number of para-hydroxylation sites is 2. The van der Waals surface area contributed by atoms with Crippen LogP contribution in [0, 0.1) is 6.92 Å². The lowest BCUT2D eigenvalue weighted by Gasteiger charge is -2.11. The molecule has 21 heavy (non-hydrogen) atoms. The van der Waals surface area contributed by atoms with Crippen LogP contribution in [0.1, 0.15) is 27.0 Å². The maximum absolute atomic E-state index is 11.5. The van der Waals surface area contributed by atoms with Gasteiger partial charge in [-0.25, -0.2) is 5.84 Å². The van der Waals surface area contributed by atoms with Gasteiger partial charge in [0.2, 0.25) is 0 Å². The summed E-state index contributed by atoms with van der Waals surface area (Å²) in [6.07, 6.45) is 0. The van der Waals surface area contributed by atoms with Crippen molar-refractivity contribution in [2.75, 3.05) is 6.61 Å². The van der Waals surface area contributed by atoms with E-state index in [1.807, 2.05) is 38.1 Å². The second kappa shape index (κ2) is 7.10. The highest BCUT2D eigenvalue weighted by Gasteiger charge is 2.12. The smallest absolute Gasteiger partial charge is 0.275 e. The van der Waals surface area contributed by atoms with Crippen LogP contribution >= 0.6 is 11.3 Å². The van der Waals surface area contributed by atoms with E-state index in [2.05, 4.69) is 5.43 Å². The van der Waals surface area contributed by atoms with Crippen LogP contribution in [0.15, 0.2) is 30.3 Å². The largest absolute Gasteiger partial charge is 0.490 e. The fourth-order valence-electron chi connectivity index (χ4n) is 1.85. The number of thiophene rings is 1. The first-order valence-electron chi connectivity index (χ1n) is 6.60. The van der Waals surface area contributed by atoms with Crippen molar-refractivity contribution >= 4 is 17.2 Å². The van der Waals surface area contributed by atoms with E-state index in [0.29, 0.717) is 29.6 Å². The number of benzene rings is 1. The third-order valence-corrected chi connectivity index (χ3v) is 4.00. The molecule has 5 nitrogen and oxygen atoms in total. The Morgan fingerprint density at radius 1 is 1.29 bits per heavy atom. The number of nitrogens with two attached hydrogens (primary N) is 1. The van der Waals surface area contributed by atoms with Crippen LogP contribution in [0.5, 0.6) is 11.5 Å². The topological polar surface area (TPSA) is 73.6 Å². The summed E-state index contributed by atoms with van der Waals surface area (Å²) in [6.45, 7) is 4.84. The number of nitrogen functional groups attached to an aromatic ring is 1. The number of hydrazine groups is 1. The minimum absolute atomic E-state index is 0.288. The van der Waals surface area contributed by atoms with Gasteiger partial charge in [0.1, 0.15) is 6.61 Å². The minimum atomic E-state index is -0.288. The van der Waals surface area contributed by atoms with Crippen molar-refractivity contribution < 1.29 is 14.3 Å². The summed E-state index contributed by atoms with van der Waals surface area (Å²) in [4.78, 5) is 13.1. The van der Waals surface area contributed by atoms with Gasteiger partial charge in [-0.3, -0.25) is 10.2 Å². The predicted octanol–water partition coefficient (Wildman–Crippen LogP) is 2.64. The molecule has 0 aliphatic rings. The molecule has 1 heterocycles. The number of carbonyl (C=O) groups is 1. The summed E-state index contributed by atoms with van der Waals surface area (Å²) in [5.74, 6) is 6.26. The molecule has 1 aromatic heterocycles. The van der Waals surface area contributed by atoms with Gasteiger partial charge in [0, 0.05) is 10.4 Å². The number of hydrogen-bond acceptors (Lipinski definition) is 5. The molecule has 1 amide bonds. The molecular formula is C15H18N2O3S. The van der Waals surface area contributed by atoms with Crippen LogP contribution in [-0.2, 0) is 6.61 Å². The number of amides is 1. The van der Waals surface area contributed by atoms with Crippen LogP contribution < -0.4 is 20.7 Å². The van der Waals surface area contributed by atoms with Gasteiger partial charge in [0.15, 0.2) is 11.5 Å². The first kappa shape index (κ1) is 15.3. The highest BCUT2D eigenvalue weighted by Crippen LogP contribution is 2.29. The SMILES string of the molecule is CCOc1ccccc1OCc1cc(C(=O)NN)sc1C. The highest BCUT2D eigenvalue weighted by molar-refractivity contribution is 7.14. The molecule has 0 aliphatic carbocycles. The number of nitrogens with one attached hydrogen (secondary N) is 1. The molecule has 0 saturated heterocycles. The van der Waals surface area contributed by atoms with Gasteiger partial charge >= 0.3 is 0 Å². The Balaban J connectivity index is 2.10. The molecule has 0 fully saturated rings. The molecule has 0 saturated carbocycles. The maximum atomic E-state index is 11.5. The number of hydrogen-bond donors (Lipinski definition) is 2. The molecule has 0 aliphatic heterocycles. The molecular weight excluding hydrogens is 288 g/mol. The van der Waals surface area contributed by atoms with Crippen LogP contribution in [0.2, 0.25) is 0 Å². The standard InChI is InChI=1S/C15H18N2O3S/c1-3-19-12-6-4-5-7-13(12)20-9-11-8-14(15(18)17-16)21-10(11)2/h4-8H,3,9,16H2,1-2H3,(H,17,18). The van der Waals surface area contributed by atoms with E-state index in [4.69, 9.17) is 15.3 Å². The molecule has 6 heteroatoms. The number of ether oxygens (including phenoxy) is 2. The second-order valence-electron chi connectivity index (χ2n) is 4.33. The molecule has 0 atom stereocenters. The molecule has 112 valence electrons. The van der Waals surface area contributed by atoms with Gasteiger partial charge in [-0.05, 0) is 32.0 Å². The van der Waals surface area contributed by atoms with E-state index in [9.17, 15) is 4.79 Å². The Kier molecular flexibility index (Phi) is 5.19. The first-order chi connectivity index (χ1) is 10.2. The second-order valence-corrected chi connectivity index (χ2v) is 5.59. The summed E-state index contributed by atoms with van der Waals surface area (Å²) in [5, 5.41) is 0. The van der Waals surface area contributed by atoms with Gasteiger partial charge in [0.05, 0.1) is 11.5 Å². The predicted molar refractivity (Wildman–Crippen MR) is 82.7 cm³/mol. The fourth-order valence-corrected chi connectivity index (χ4v) is 2.78. The molecule has 2 rings (SSSR count). The van der Waals surface area contributed by atoms with Crippen LogP contribution in [0.4, 0.5) is 0 Å². The van der Waals surface area contributed by atoms with E-state index < -0.39 is 0 Å². The summed E-state index contributed by atoms with van der Waals surface area (Å²) in [6, 6.07) is 9.32. The normalized spacial score (nSPS) is 10.2. The molecule has 0 bridgehead atoms. The Bertz CT molecular complexity index is 625. The number of carbonyl (C=O) groups excluding carboxylic acids is 1. The molecule has 0 spiro atoms. The van der Waals surface area contributed by atoms with E-state index in [-0.39, 0.29) is 5.91 Å². The van der Waals surface area contributed by atoms with E-state index in [1.165, 1.54) is 11.3 Å². The average Bonchev–Trinajstić information content (AvgIpc) is 2.87. The zero-order valence-corrected chi connectivity index (χ0v) is 12.8. The van der Waals surface area contributed by atoms with Crippen LogP contribution in [-0.4, -0.2) is 12.5 Å². The highest BCUT2D eigenvalue weighted by atomic mass is 32.1. The van der Waals surface area contributed by atoms with Gasteiger partial charge in [-0.15, -0.1) is 11.3 Å². The molecule has 0 unspecified atom stereocenters. The Morgan fingerprint density at radius 3 is 2.57 bits per heavy atom. The monoisotopic (exact) mass is 306 g/mol. The van der Waals surface area contributed by atoms with Gasteiger partial charge < -0.3 is 9.47 Å². The molecule has 0 radical (unpaired) electrons. The fraction of sp³-hybridized carbons (Fsp3) is 0.267. The van der Waals surface area contributed by atoms with Gasteiger partial charge in [-0.1, -0.05) is 12.1 Å². The zero-order chi connectivity index (χ0) is 15.2. The van der Waals surface area contributed by atoms with Crippen molar-refractivity contribution in [1.29, 1.82) is 0 Å². The lowest BCUT2D eigenvalue weighted by Crippen LogP contribution is -2.29. The van der Waals surface area contributed by atoms with E-state index in [0.717, 1.165) is 10.4 Å². The van der Waals surface area contributed by atoms with Crippen molar-refractivity contribution in [2.24, 2.45) is 5.84 Å². The first-order valence-corrected chi connectivity index (χ1v) is 7.42. The van der Waals surface area contributed by atoms with E-state index >= 15 is 0 Å². The lowest BCUT2D eigenvalue weighted by atomic mass is 10.2. The van der Waals surface area contributed by atoms with Gasteiger partial charge in [-0.2, -0.15) is 0 Å². The number of rotatable bonds is 6. The third-order valence-electron chi connectivity index (χ3n) is 2.91. The minimum Gasteiger partial charge on any atom is -0.490 e. The quantitative estimate of drug-likeness (QED) is 0.489. The van der Waals surface area contributed by atoms with Crippen molar-refractivity contribution in [3.05, 3.63) is 45.6 Å². The Hall–Kier alpha value is -2.05. The Labute approximate surface area is 127 Å². The third kappa shape index (κ3) is 3.74. The molecule has 2 aromatic rings. The van der Waals surface area contributed by atoms with E-state index in [1.54, 1.807) is 6.07 Å². The zero-order valence-electron chi connectivity index (χ0n) is 12.0. The molecule has 1 aromatic carbocycles. The van der Waals surface area contributed by atoms with Crippen molar-refractivity contribution in [2.45, 2.75) is 20.5 Å². The van der Waals surface area contributed by atoms with Crippen molar-refractivity contribution in [3.8, 4) is 11.5 Å². The molecule has 3 N–H and O–H groups in total. The van der Waals surface area contributed by atoms with Crippen molar-refractivity contribution in [3.63, 3.8) is 0 Å². The van der Waals surface area contributed by atoms with Crippen LogP contribution in [0.3, 0.4) is 0 Å². The average molecular weight is 306 g/mol. The number of aryl methyl sites for hydroxylation is 1.